The molecule has 4 aromatic carbocycles. The lowest BCUT2D eigenvalue weighted by atomic mass is 9.58. The highest BCUT2D eigenvalue weighted by Gasteiger charge is 2.58. The van der Waals surface area contributed by atoms with Crippen molar-refractivity contribution in [3.8, 4) is 5.75 Å². The number of amides is 2. The first kappa shape index (κ1) is 38.7. The molecule has 2 aliphatic heterocycles. The molecule has 2 heterocycles. The largest absolute Gasteiger partial charge is 0.507 e. The Bertz CT molecular complexity index is 2010. The molecule has 55 heavy (non-hydrogen) atoms. The third kappa shape index (κ3) is 7.55. The predicted octanol–water partition coefficient (Wildman–Crippen LogP) is 7.93. The molecule has 2 saturated heterocycles. The first-order chi connectivity index (χ1) is 26.5. The number of nitrogens with zero attached hydrogens (tertiary/aromatic N) is 1. The maximum absolute atomic E-state index is 14.4. The third-order valence-corrected chi connectivity index (χ3v) is 16.8. The molecule has 0 aromatic heterocycles. The van der Waals surface area contributed by atoms with E-state index in [9.17, 15) is 19.7 Å². The van der Waals surface area contributed by atoms with Crippen molar-refractivity contribution in [2.24, 2.45) is 17.8 Å². The van der Waals surface area contributed by atoms with Crippen molar-refractivity contribution in [1.29, 1.82) is 0 Å². The van der Waals surface area contributed by atoms with Crippen LogP contribution in [0, 0.1) is 17.8 Å². The third-order valence-electron chi connectivity index (χ3n) is 11.8. The Balaban J connectivity index is 1.32. The van der Waals surface area contributed by atoms with Crippen LogP contribution in [-0.2, 0) is 18.7 Å². The van der Waals surface area contributed by atoms with E-state index in [1.807, 2.05) is 60.7 Å². The highest BCUT2D eigenvalue weighted by molar-refractivity contribution is 6.99. The summed E-state index contributed by atoms with van der Waals surface area (Å²) in [6.45, 7) is 9.18. The second kappa shape index (κ2) is 16.3. The molecule has 0 unspecified atom stereocenters. The summed E-state index contributed by atoms with van der Waals surface area (Å²) in [7, 11) is -4.05. The number of hydrogen-bond acceptors (Lipinski definition) is 6. The molecule has 4 aromatic rings. The van der Waals surface area contributed by atoms with Crippen molar-refractivity contribution >= 4 is 49.4 Å². The zero-order valence-corrected chi connectivity index (χ0v) is 33.4. The van der Waals surface area contributed by atoms with Crippen LogP contribution in [-0.4, -0.2) is 50.1 Å². The number of phenolic OH excluding ortho intramolecular Hbond substituents is 1. The molecular weight excluding hydrogens is 701 g/mol. The minimum atomic E-state index is -2.97. The molecule has 0 saturated carbocycles. The average molecular weight is 754 g/mol. The van der Waals surface area contributed by atoms with E-state index in [1.54, 1.807) is 6.07 Å². The number of aromatic hydroxyl groups is 1. The van der Waals surface area contributed by atoms with Crippen LogP contribution in [0.25, 0.3) is 6.08 Å². The van der Waals surface area contributed by atoms with Gasteiger partial charge < -0.3 is 19.2 Å². The van der Waals surface area contributed by atoms with Crippen LogP contribution >= 0.6 is 0 Å². The van der Waals surface area contributed by atoms with Gasteiger partial charge >= 0.3 is 7.12 Å². The van der Waals surface area contributed by atoms with Crippen LogP contribution in [0.5, 0.6) is 5.75 Å². The first-order valence-corrected chi connectivity index (χ1v) is 21.6. The molecule has 0 bridgehead atoms. The number of carbonyl (C=O) groups is 2. The molecular formula is C46H52BNO6Si. The molecule has 7 rings (SSSR count). The van der Waals surface area contributed by atoms with Gasteiger partial charge in [0.15, 0.2) is 0 Å². The van der Waals surface area contributed by atoms with E-state index in [1.165, 1.54) is 10.5 Å². The molecule has 284 valence electrons. The van der Waals surface area contributed by atoms with E-state index in [-0.39, 0.29) is 41.4 Å². The molecule has 0 radical (unpaired) electrons. The van der Waals surface area contributed by atoms with Gasteiger partial charge in [0.2, 0.25) is 11.8 Å². The Labute approximate surface area is 327 Å². The Hall–Kier alpha value is -4.54. The van der Waals surface area contributed by atoms with Crippen molar-refractivity contribution < 1.29 is 28.8 Å². The van der Waals surface area contributed by atoms with Gasteiger partial charge in [-0.05, 0) is 82.7 Å². The molecule has 7 nitrogen and oxygen atoms in total. The fourth-order valence-electron chi connectivity index (χ4n) is 9.42. The summed E-state index contributed by atoms with van der Waals surface area (Å²) in [6, 6.07) is 37.6. The van der Waals surface area contributed by atoms with Crippen molar-refractivity contribution in [2.75, 3.05) is 11.5 Å². The van der Waals surface area contributed by atoms with Gasteiger partial charge in [-0.1, -0.05) is 143 Å². The van der Waals surface area contributed by atoms with Crippen molar-refractivity contribution in [1.82, 2.24) is 0 Å². The lowest BCUT2D eigenvalue weighted by Crippen LogP contribution is -2.66. The Kier molecular flexibility index (Phi) is 11.5. The van der Waals surface area contributed by atoms with Gasteiger partial charge in [0.05, 0.1) is 30.2 Å². The van der Waals surface area contributed by atoms with Crippen molar-refractivity contribution in [3.05, 3.63) is 138 Å². The van der Waals surface area contributed by atoms with Gasteiger partial charge in [-0.15, -0.1) is 0 Å². The fourth-order valence-corrected chi connectivity index (χ4v) is 14.0. The number of carbonyl (C=O) groups excluding carboxylic acids is 2. The van der Waals surface area contributed by atoms with Gasteiger partial charge in [0.25, 0.3) is 8.32 Å². The van der Waals surface area contributed by atoms with Crippen LogP contribution in [0.3, 0.4) is 0 Å². The van der Waals surface area contributed by atoms with Gasteiger partial charge in [-0.25, -0.2) is 0 Å². The average Bonchev–Trinajstić information content (AvgIpc) is 3.43. The fraction of sp³-hybridized carbons (Fsp3) is 0.348. The monoisotopic (exact) mass is 753 g/mol. The van der Waals surface area contributed by atoms with Crippen LogP contribution in [0.4, 0.5) is 5.69 Å². The minimum Gasteiger partial charge on any atom is -0.507 e. The molecule has 2 amide bonds. The Morgan fingerprint density at radius 3 is 2.05 bits per heavy atom. The molecule has 4 atom stereocenters. The summed E-state index contributed by atoms with van der Waals surface area (Å²) in [5, 5.41) is 24.0. The smallest absolute Gasteiger partial charge is 0.455 e. The van der Waals surface area contributed by atoms with Gasteiger partial charge in [0, 0.05) is 5.56 Å². The summed E-state index contributed by atoms with van der Waals surface area (Å²) in [5.41, 5.74) is 4.50. The van der Waals surface area contributed by atoms with Crippen molar-refractivity contribution in [2.45, 2.75) is 77.3 Å². The number of anilines is 1. The van der Waals surface area contributed by atoms with E-state index >= 15 is 0 Å². The van der Waals surface area contributed by atoms with Crippen LogP contribution in [0.1, 0.15) is 65.4 Å². The zero-order chi connectivity index (χ0) is 38.7. The van der Waals surface area contributed by atoms with E-state index < -0.39 is 33.4 Å². The van der Waals surface area contributed by atoms with Crippen LogP contribution in [0.2, 0.25) is 11.4 Å². The topological polar surface area (TPSA) is 96.3 Å². The molecule has 2 N–H and O–H groups in total. The maximum Gasteiger partial charge on any atom is 0.455 e. The van der Waals surface area contributed by atoms with E-state index in [4.69, 9.17) is 9.08 Å². The molecule has 3 aliphatic rings. The highest BCUT2D eigenvalue weighted by Crippen LogP contribution is 2.52. The van der Waals surface area contributed by atoms with Gasteiger partial charge in [0.1, 0.15) is 5.75 Å². The number of phenols is 1. The lowest BCUT2D eigenvalue weighted by Gasteiger charge is -2.46. The predicted molar refractivity (Wildman–Crippen MR) is 222 cm³/mol. The summed E-state index contributed by atoms with van der Waals surface area (Å²) in [4.78, 5) is 30.2. The minimum absolute atomic E-state index is 0.198. The van der Waals surface area contributed by atoms with Gasteiger partial charge in [-0.3, -0.25) is 14.5 Å². The normalized spacial score (nSPS) is 21.9. The number of imide groups is 1. The second-order valence-electron chi connectivity index (χ2n) is 16.3. The standard InChI is InChI=1S/C46H52BNO6Si/c1-5-17-32(28-33-18-15-16-25-40(33)49)26-27-41-42-34(31-53-55(46(2,3)4,36-21-11-7-12-22-36)37-23-13-8-14-24-37)29-38-43(39(42)30-47(52)54-41)45(51)48(44(38)50)35-19-9-6-10-20-35/h6-16,18-25,28,38-39,41,43,49,52H,5,17,26-27,29-31H2,1-4H3/b32-28+/t38-,39+,41-,43-/m1/s1. The Morgan fingerprint density at radius 1 is 0.855 bits per heavy atom. The summed E-state index contributed by atoms with van der Waals surface area (Å²) >= 11 is 0. The second-order valence-corrected chi connectivity index (χ2v) is 20.6. The highest BCUT2D eigenvalue weighted by atomic mass is 28.4. The maximum atomic E-state index is 14.4. The molecule has 0 spiro atoms. The van der Waals surface area contributed by atoms with E-state index in [0.29, 0.717) is 24.9 Å². The lowest BCUT2D eigenvalue weighted by molar-refractivity contribution is -0.122. The van der Waals surface area contributed by atoms with Crippen LogP contribution in [0.15, 0.2) is 132 Å². The zero-order valence-electron chi connectivity index (χ0n) is 32.4. The summed E-state index contributed by atoms with van der Waals surface area (Å²) in [6.07, 6.45) is 5.23. The van der Waals surface area contributed by atoms with Crippen molar-refractivity contribution in [3.63, 3.8) is 0 Å². The number of hydrogen-bond donors (Lipinski definition) is 2. The molecule has 2 fully saturated rings. The number of rotatable bonds is 12. The number of fused-ring (bicyclic) bond motifs is 3. The van der Waals surface area contributed by atoms with E-state index in [0.717, 1.165) is 39.9 Å². The van der Waals surface area contributed by atoms with Gasteiger partial charge in [-0.2, -0.15) is 0 Å². The SMILES string of the molecule is CCC/C(=C\c1ccccc1O)CC[C@H]1OB(O)C[C@H]2C1=C(CO[Si](c1ccccc1)(c1ccccc1)C(C)(C)C)C[C@H]1C(=O)N(c3ccccc3)C(=O)[C@H]12. The summed E-state index contributed by atoms with van der Waals surface area (Å²) < 4.78 is 14.0. The number of benzene rings is 4. The molecule has 1 aliphatic carbocycles. The number of para-hydroxylation sites is 2. The Morgan fingerprint density at radius 2 is 1.45 bits per heavy atom. The first-order valence-electron chi connectivity index (χ1n) is 19.7. The van der Waals surface area contributed by atoms with E-state index in [2.05, 4.69) is 82.3 Å². The summed E-state index contributed by atoms with van der Waals surface area (Å²) in [5.74, 6) is -1.73. The van der Waals surface area contributed by atoms with Crippen LogP contribution < -0.4 is 15.3 Å². The molecule has 9 heteroatoms. The quantitative estimate of drug-likeness (QED) is 0.0867. The number of allylic oxidation sites excluding steroid dienone is 1.